The topological polar surface area (TPSA) is 104 Å². The number of carboxylic acid groups (broad SMARTS) is 1. The lowest BCUT2D eigenvalue weighted by Gasteiger charge is -2.10. The van der Waals surface area contributed by atoms with Crippen molar-refractivity contribution in [2.24, 2.45) is 0 Å². The first-order chi connectivity index (χ1) is 9.08. The Morgan fingerprint density at radius 1 is 1.53 bits per heavy atom. The third kappa shape index (κ3) is 3.01. The molecule has 6 nitrogen and oxygen atoms in total. The van der Waals surface area contributed by atoms with Gasteiger partial charge in [0, 0.05) is 24.9 Å². The molecule has 0 saturated carbocycles. The Labute approximate surface area is 108 Å². The monoisotopic (exact) mass is 264 g/mol. The van der Waals surface area contributed by atoms with Gasteiger partial charge in [0.05, 0.1) is 23.3 Å². The van der Waals surface area contributed by atoms with Crippen LogP contribution in [0, 0.1) is 5.82 Å². The minimum absolute atomic E-state index is 0.198. The van der Waals surface area contributed by atoms with Crippen LogP contribution in [0.25, 0.3) is 0 Å². The van der Waals surface area contributed by atoms with Gasteiger partial charge < -0.3 is 21.1 Å². The van der Waals surface area contributed by atoms with E-state index in [1.165, 1.54) is 0 Å². The van der Waals surface area contributed by atoms with Crippen molar-refractivity contribution < 1.29 is 14.3 Å². The maximum atomic E-state index is 13.5. The lowest BCUT2D eigenvalue weighted by Crippen LogP contribution is -2.09. The lowest BCUT2D eigenvalue weighted by molar-refractivity contribution is 0.0692. The van der Waals surface area contributed by atoms with Gasteiger partial charge in [-0.15, -0.1) is 0 Å². The van der Waals surface area contributed by atoms with E-state index in [0.717, 1.165) is 17.8 Å². The first-order valence-electron chi connectivity index (χ1n) is 5.61. The van der Waals surface area contributed by atoms with Gasteiger partial charge in [0.2, 0.25) is 0 Å². The van der Waals surface area contributed by atoms with Crippen molar-refractivity contribution in [3.05, 3.63) is 41.7 Å². The number of rotatable bonds is 5. The predicted octanol–water partition coefficient (Wildman–Crippen LogP) is 1.48. The molecule has 0 atom stereocenters. The molecule has 2 rings (SSSR count). The number of nitrogens with zero attached hydrogens (tertiary/aromatic N) is 1. The van der Waals surface area contributed by atoms with Gasteiger partial charge in [0.15, 0.2) is 0 Å². The number of aromatic carboxylic acids is 1. The molecule has 0 aliphatic rings. The molecule has 7 heteroatoms. The molecule has 2 aromatic rings. The number of anilines is 2. The summed E-state index contributed by atoms with van der Waals surface area (Å²) in [6.45, 7) is 0.526. The van der Waals surface area contributed by atoms with E-state index in [9.17, 15) is 9.18 Å². The Morgan fingerprint density at radius 3 is 2.95 bits per heavy atom. The van der Waals surface area contributed by atoms with E-state index >= 15 is 0 Å². The zero-order valence-corrected chi connectivity index (χ0v) is 9.98. The van der Waals surface area contributed by atoms with Gasteiger partial charge in [-0.2, -0.15) is 0 Å². The number of nitrogens with one attached hydrogen (secondary N) is 2. The highest BCUT2D eigenvalue weighted by molar-refractivity contribution is 5.90. The number of carbonyl (C=O) groups is 1. The van der Waals surface area contributed by atoms with Crippen LogP contribution in [0.2, 0.25) is 0 Å². The van der Waals surface area contributed by atoms with Crippen molar-refractivity contribution >= 4 is 17.3 Å². The minimum Gasteiger partial charge on any atom is -0.478 e. The summed E-state index contributed by atoms with van der Waals surface area (Å²) in [5, 5.41) is 11.7. The zero-order chi connectivity index (χ0) is 13.8. The van der Waals surface area contributed by atoms with E-state index in [4.69, 9.17) is 10.8 Å². The first kappa shape index (κ1) is 12.9. The molecule has 1 heterocycles. The molecule has 1 aromatic carbocycles. The highest BCUT2D eigenvalue weighted by Gasteiger charge is 2.13. The molecule has 5 N–H and O–H groups in total. The summed E-state index contributed by atoms with van der Waals surface area (Å²) in [6, 6.07) is 2.20. The van der Waals surface area contributed by atoms with Gasteiger partial charge in [-0.1, -0.05) is 0 Å². The number of hydrogen-bond donors (Lipinski definition) is 4. The van der Waals surface area contributed by atoms with Crippen LogP contribution in [0.5, 0.6) is 0 Å². The van der Waals surface area contributed by atoms with Crippen LogP contribution in [0.4, 0.5) is 15.8 Å². The van der Waals surface area contributed by atoms with Crippen LogP contribution in [-0.4, -0.2) is 27.6 Å². The largest absolute Gasteiger partial charge is 0.478 e. The number of carboxylic acids is 1. The Balaban J connectivity index is 2.04. The fraction of sp³-hybridized carbons (Fsp3) is 0.167. The number of aromatic amines is 1. The van der Waals surface area contributed by atoms with Crippen molar-refractivity contribution in [1.29, 1.82) is 0 Å². The maximum Gasteiger partial charge on any atom is 0.338 e. The van der Waals surface area contributed by atoms with E-state index < -0.39 is 17.3 Å². The molecule has 0 aliphatic heterocycles. The lowest BCUT2D eigenvalue weighted by atomic mass is 10.1. The van der Waals surface area contributed by atoms with Crippen molar-refractivity contribution in [3.63, 3.8) is 0 Å². The van der Waals surface area contributed by atoms with Crippen LogP contribution in [0.15, 0.2) is 24.7 Å². The summed E-state index contributed by atoms with van der Waals surface area (Å²) in [5.74, 6) is -2.15. The molecule has 0 spiro atoms. The van der Waals surface area contributed by atoms with E-state index in [-0.39, 0.29) is 5.69 Å². The van der Waals surface area contributed by atoms with E-state index in [0.29, 0.717) is 18.7 Å². The Kier molecular flexibility index (Phi) is 3.65. The third-order valence-electron chi connectivity index (χ3n) is 2.63. The van der Waals surface area contributed by atoms with Gasteiger partial charge in [-0.05, 0) is 12.1 Å². The summed E-state index contributed by atoms with van der Waals surface area (Å²) >= 11 is 0. The van der Waals surface area contributed by atoms with Crippen molar-refractivity contribution in [1.82, 2.24) is 9.97 Å². The minimum atomic E-state index is -1.34. The first-order valence-corrected chi connectivity index (χ1v) is 5.61. The van der Waals surface area contributed by atoms with E-state index in [1.807, 2.05) is 0 Å². The number of aromatic nitrogens is 2. The molecular formula is C12H13FN4O2. The summed E-state index contributed by atoms with van der Waals surface area (Å²) in [7, 11) is 0. The Hall–Kier alpha value is -2.57. The van der Waals surface area contributed by atoms with Crippen molar-refractivity contribution in [2.45, 2.75) is 6.42 Å². The number of imidazole rings is 1. The number of halogens is 1. The summed E-state index contributed by atoms with van der Waals surface area (Å²) in [5.41, 5.74) is 6.75. The third-order valence-corrected chi connectivity index (χ3v) is 2.63. The molecule has 0 unspecified atom stereocenters. The maximum absolute atomic E-state index is 13.5. The highest BCUT2D eigenvalue weighted by atomic mass is 19.1. The average Bonchev–Trinajstić information content (AvgIpc) is 2.85. The normalized spacial score (nSPS) is 10.4. The van der Waals surface area contributed by atoms with Crippen LogP contribution in [0.1, 0.15) is 16.1 Å². The Bertz CT molecular complexity index is 584. The predicted molar refractivity (Wildman–Crippen MR) is 68.6 cm³/mol. The van der Waals surface area contributed by atoms with Gasteiger partial charge in [-0.3, -0.25) is 0 Å². The molecule has 0 saturated heterocycles. The number of H-pyrrole nitrogens is 1. The van der Waals surface area contributed by atoms with Crippen LogP contribution in [0.3, 0.4) is 0 Å². The van der Waals surface area contributed by atoms with Gasteiger partial charge in [0.25, 0.3) is 0 Å². The number of hydrogen-bond acceptors (Lipinski definition) is 4. The second kappa shape index (κ2) is 5.38. The fourth-order valence-electron chi connectivity index (χ4n) is 1.66. The number of benzene rings is 1. The molecule has 0 aliphatic carbocycles. The molecule has 0 fully saturated rings. The molecule has 1 aromatic heterocycles. The molecule has 100 valence electrons. The average molecular weight is 264 g/mol. The summed E-state index contributed by atoms with van der Waals surface area (Å²) in [4.78, 5) is 17.5. The van der Waals surface area contributed by atoms with Crippen molar-refractivity contribution in [2.75, 3.05) is 17.6 Å². The quantitative estimate of drug-likeness (QED) is 0.612. The van der Waals surface area contributed by atoms with Crippen molar-refractivity contribution in [3.8, 4) is 0 Å². The second-order valence-electron chi connectivity index (χ2n) is 3.98. The smallest absolute Gasteiger partial charge is 0.338 e. The van der Waals surface area contributed by atoms with Gasteiger partial charge in [-0.25, -0.2) is 14.2 Å². The van der Waals surface area contributed by atoms with E-state index in [2.05, 4.69) is 15.3 Å². The molecule has 0 bridgehead atoms. The molecule has 0 radical (unpaired) electrons. The van der Waals surface area contributed by atoms with Gasteiger partial charge >= 0.3 is 5.97 Å². The molecule has 19 heavy (non-hydrogen) atoms. The molecule has 0 amide bonds. The summed E-state index contributed by atoms with van der Waals surface area (Å²) in [6.07, 6.45) is 3.94. The highest BCUT2D eigenvalue weighted by Crippen LogP contribution is 2.23. The SMILES string of the molecule is Nc1cc(C(=O)O)c(F)cc1NCCc1cnc[nH]1. The number of nitrogens with two attached hydrogens (primary N) is 1. The zero-order valence-electron chi connectivity index (χ0n) is 9.98. The van der Waals surface area contributed by atoms with E-state index in [1.54, 1.807) is 12.5 Å². The Morgan fingerprint density at radius 2 is 2.32 bits per heavy atom. The second-order valence-corrected chi connectivity index (χ2v) is 3.98. The summed E-state index contributed by atoms with van der Waals surface area (Å²) < 4.78 is 13.5. The number of nitrogen functional groups attached to an aromatic ring is 1. The van der Waals surface area contributed by atoms with Gasteiger partial charge in [0.1, 0.15) is 5.82 Å². The molecular weight excluding hydrogens is 251 g/mol. The standard InChI is InChI=1S/C12H13FN4O2/c13-9-4-11(10(14)3-8(9)12(18)19)16-2-1-7-5-15-6-17-7/h3-6,16H,1-2,14H2,(H,15,17)(H,18,19). The van der Waals surface area contributed by atoms with Crippen LogP contribution >= 0.6 is 0 Å². The van der Waals surface area contributed by atoms with Crippen LogP contribution in [-0.2, 0) is 6.42 Å². The van der Waals surface area contributed by atoms with Crippen LogP contribution < -0.4 is 11.1 Å². The fourth-order valence-corrected chi connectivity index (χ4v) is 1.66.